The van der Waals surface area contributed by atoms with Crippen LogP contribution >= 0.6 is 0 Å². The first-order valence-corrected chi connectivity index (χ1v) is 5.58. The average molecular weight is 238 g/mol. The molecule has 0 heterocycles. The molecule has 0 aliphatic carbocycles. The second kappa shape index (κ2) is 5.63. The highest BCUT2D eigenvalue weighted by atomic mass is 16.6. The van der Waals surface area contributed by atoms with Crippen LogP contribution in [0.1, 0.15) is 19.4 Å². The number of nitro benzene ring substituents is 1. The van der Waals surface area contributed by atoms with Crippen molar-refractivity contribution in [1.29, 1.82) is 0 Å². The third kappa shape index (κ3) is 3.42. The molecule has 17 heavy (non-hydrogen) atoms. The van der Waals surface area contributed by atoms with Crippen LogP contribution in [0, 0.1) is 23.0 Å². The number of benzene rings is 1. The van der Waals surface area contributed by atoms with Gasteiger partial charge in [-0.1, -0.05) is 19.9 Å². The molecule has 0 saturated heterocycles. The Balaban J connectivity index is 3.01. The molecule has 2 N–H and O–H groups in total. The first kappa shape index (κ1) is 13.4. The Labute approximate surface area is 101 Å². The molecule has 0 spiro atoms. The molecule has 1 aromatic rings. The van der Waals surface area contributed by atoms with Gasteiger partial charge in [0.05, 0.1) is 17.6 Å². The second-order valence-electron chi connectivity index (χ2n) is 4.46. The van der Waals surface area contributed by atoms with Crippen LogP contribution < -0.4 is 5.32 Å². The zero-order valence-corrected chi connectivity index (χ0v) is 10.3. The molecule has 0 radical (unpaired) electrons. The fraction of sp³-hybridized carbons (Fsp3) is 0.500. The summed E-state index contributed by atoms with van der Waals surface area (Å²) >= 11 is 0. The summed E-state index contributed by atoms with van der Waals surface area (Å²) in [6.45, 7) is 5.66. The van der Waals surface area contributed by atoms with Gasteiger partial charge in [-0.25, -0.2) is 0 Å². The van der Waals surface area contributed by atoms with Crippen LogP contribution in [0.4, 0.5) is 11.4 Å². The lowest BCUT2D eigenvalue weighted by Gasteiger charge is -2.21. The molecule has 1 atom stereocenters. The summed E-state index contributed by atoms with van der Waals surface area (Å²) in [6, 6.07) is 4.83. The lowest BCUT2D eigenvalue weighted by atomic mass is 10.0. The molecule has 5 nitrogen and oxygen atoms in total. The van der Waals surface area contributed by atoms with Crippen molar-refractivity contribution in [2.45, 2.75) is 26.8 Å². The van der Waals surface area contributed by atoms with Crippen molar-refractivity contribution in [3.63, 3.8) is 0 Å². The summed E-state index contributed by atoms with van der Waals surface area (Å²) in [7, 11) is 0. The Bertz CT molecular complexity index is 405. The van der Waals surface area contributed by atoms with Crippen molar-refractivity contribution in [1.82, 2.24) is 0 Å². The van der Waals surface area contributed by atoms with Crippen LogP contribution in [0.5, 0.6) is 0 Å². The third-order valence-electron chi connectivity index (χ3n) is 2.69. The number of aryl methyl sites for hydroxylation is 1. The maximum absolute atomic E-state index is 10.9. The van der Waals surface area contributed by atoms with E-state index in [1.54, 1.807) is 6.07 Å². The summed E-state index contributed by atoms with van der Waals surface area (Å²) in [5.41, 5.74) is 1.34. The first-order valence-electron chi connectivity index (χ1n) is 5.58. The van der Waals surface area contributed by atoms with E-state index < -0.39 is 4.92 Å². The van der Waals surface area contributed by atoms with Crippen LogP contribution in [-0.2, 0) is 0 Å². The molecule has 94 valence electrons. The van der Waals surface area contributed by atoms with Gasteiger partial charge in [-0.3, -0.25) is 10.1 Å². The van der Waals surface area contributed by atoms with Gasteiger partial charge in [-0.15, -0.1) is 0 Å². The van der Waals surface area contributed by atoms with Crippen molar-refractivity contribution >= 4 is 11.4 Å². The SMILES string of the molecule is Cc1ccc(NC(CO)C(C)C)c([N+](=O)[O-])c1. The summed E-state index contributed by atoms with van der Waals surface area (Å²) in [5, 5.41) is 23.1. The van der Waals surface area contributed by atoms with Crippen molar-refractivity contribution in [3.8, 4) is 0 Å². The van der Waals surface area contributed by atoms with E-state index in [9.17, 15) is 15.2 Å². The first-order chi connectivity index (χ1) is 7.95. The number of aliphatic hydroxyl groups is 1. The van der Waals surface area contributed by atoms with Gasteiger partial charge in [0.1, 0.15) is 5.69 Å². The maximum atomic E-state index is 10.9. The lowest BCUT2D eigenvalue weighted by molar-refractivity contribution is -0.384. The van der Waals surface area contributed by atoms with E-state index in [2.05, 4.69) is 5.32 Å². The molecule has 0 aliphatic heterocycles. The fourth-order valence-corrected chi connectivity index (χ4v) is 1.54. The largest absolute Gasteiger partial charge is 0.394 e. The van der Waals surface area contributed by atoms with Crippen molar-refractivity contribution in [3.05, 3.63) is 33.9 Å². The van der Waals surface area contributed by atoms with E-state index in [0.717, 1.165) is 5.56 Å². The van der Waals surface area contributed by atoms with Gasteiger partial charge in [-0.05, 0) is 24.5 Å². The normalized spacial score (nSPS) is 12.5. The summed E-state index contributed by atoms with van der Waals surface area (Å²) in [4.78, 5) is 10.5. The molecule has 0 bridgehead atoms. The Kier molecular flexibility index (Phi) is 4.45. The molecule has 1 rings (SSSR count). The van der Waals surface area contributed by atoms with Gasteiger partial charge in [0.25, 0.3) is 5.69 Å². The number of rotatable bonds is 5. The number of nitrogens with zero attached hydrogens (tertiary/aromatic N) is 1. The number of hydrogen-bond donors (Lipinski definition) is 2. The van der Waals surface area contributed by atoms with Crippen LogP contribution in [0.15, 0.2) is 18.2 Å². The zero-order chi connectivity index (χ0) is 13.0. The molecule has 0 amide bonds. The number of nitro groups is 1. The maximum Gasteiger partial charge on any atom is 0.292 e. The third-order valence-corrected chi connectivity index (χ3v) is 2.69. The van der Waals surface area contributed by atoms with E-state index in [-0.39, 0.29) is 24.3 Å². The van der Waals surface area contributed by atoms with Gasteiger partial charge < -0.3 is 10.4 Å². The van der Waals surface area contributed by atoms with E-state index >= 15 is 0 Å². The minimum Gasteiger partial charge on any atom is -0.394 e. The highest BCUT2D eigenvalue weighted by Gasteiger charge is 2.18. The molecule has 1 unspecified atom stereocenters. The lowest BCUT2D eigenvalue weighted by Crippen LogP contribution is -2.29. The number of nitrogens with one attached hydrogen (secondary N) is 1. The van der Waals surface area contributed by atoms with Crippen molar-refractivity contribution in [2.24, 2.45) is 5.92 Å². The van der Waals surface area contributed by atoms with Gasteiger partial charge in [0.2, 0.25) is 0 Å². The summed E-state index contributed by atoms with van der Waals surface area (Å²) < 4.78 is 0. The van der Waals surface area contributed by atoms with Gasteiger partial charge in [-0.2, -0.15) is 0 Å². The van der Waals surface area contributed by atoms with Gasteiger partial charge in [0, 0.05) is 6.07 Å². The van der Waals surface area contributed by atoms with E-state index in [4.69, 9.17) is 0 Å². The van der Waals surface area contributed by atoms with Crippen LogP contribution in [0.25, 0.3) is 0 Å². The minimum absolute atomic E-state index is 0.0455. The summed E-state index contributed by atoms with van der Waals surface area (Å²) in [6.07, 6.45) is 0. The summed E-state index contributed by atoms with van der Waals surface area (Å²) in [5.74, 6) is 0.195. The van der Waals surface area contributed by atoms with Crippen molar-refractivity contribution < 1.29 is 10.0 Å². The predicted molar refractivity (Wildman–Crippen MR) is 67.2 cm³/mol. The molecule has 5 heteroatoms. The number of hydrogen-bond acceptors (Lipinski definition) is 4. The Morgan fingerprint density at radius 3 is 2.59 bits per heavy atom. The van der Waals surface area contributed by atoms with Crippen LogP contribution in [-0.4, -0.2) is 22.7 Å². The monoisotopic (exact) mass is 238 g/mol. The van der Waals surface area contributed by atoms with E-state index in [1.165, 1.54) is 6.07 Å². The minimum atomic E-state index is -0.413. The average Bonchev–Trinajstić information content (AvgIpc) is 2.26. The quantitative estimate of drug-likeness (QED) is 0.609. The number of anilines is 1. The van der Waals surface area contributed by atoms with Crippen LogP contribution in [0.3, 0.4) is 0 Å². The topological polar surface area (TPSA) is 75.4 Å². The van der Waals surface area contributed by atoms with Crippen molar-refractivity contribution in [2.75, 3.05) is 11.9 Å². The molecule has 0 aromatic heterocycles. The highest BCUT2D eigenvalue weighted by molar-refractivity contribution is 5.63. The Hall–Kier alpha value is -1.62. The molecule has 0 fully saturated rings. The highest BCUT2D eigenvalue weighted by Crippen LogP contribution is 2.26. The van der Waals surface area contributed by atoms with Crippen LogP contribution in [0.2, 0.25) is 0 Å². The van der Waals surface area contributed by atoms with E-state index in [0.29, 0.717) is 5.69 Å². The fourth-order valence-electron chi connectivity index (χ4n) is 1.54. The predicted octanol–water partition coefficient (Wildman–Crippen LogP) is 2.33. The Morgan fingerprint density at radius 2 is 2.12 bits per heavy atom. The standard InChI is InChI=1S/C12H18N2O3/c1-8(2)11(7-15)13-10-5-4-9(3)6-12(10)14(16)17/h4-6,8,11,13,15H,7H2,1-3H3. The van der Waals surface area contributed by atoms with Gasteiger partial charge in [0.15, 0.2) is 0 Å². The van der Waals surface area contributed by atoms with E-state index in [1.807, 2.05) is 26.8 Å². The van der Waals surface area contributed by atoms with Gasteiger partial charge >= 0.3 is 0 Å². The molecular formula is C12H18N2O3. The molecular weight excluding hydrogens is 220 g/mol. The Morgan fingerprint density at radius 1 is 1.47 bits per heavy atom. The molecule has 0 aliphatic rings. The zero-order valence-electron chi connectivity index (χ0n) is 10.3. The smallest absolute Gasteiger partial charge is 0.292 e. The molecule has 1 aromatic carbocycles. The second-order valence-corrected chi connectivity index (χ2v) is 4.46. The number of aliphatic hydroxyl groups excluding tert-OH is 1. The molecule has 0 saturated carbocycles.